The van der Waals surface area contributed by atoms with Gasteiger partial charge in [0.05, 0.1) is 0 Å². The summed E-state index contributed by atoms with van der Waals surface area (Å²) in [5.41, 5.74) is 0. The molecule has 2 rings (SSSR count). The number of thioether (sulfide) groups is 2. The summed E-state index contributed by atoms with van der Waals surface area (Å²) in [4.78, 5) is 0. The van der Waals surface area contributed by atoms with Gasteiger partial charge >= 0.3 is 0 Å². The van der Waals surface area contributed by atoms with Crippen LogP contribution in [0.15, 0.2) is 0 Å². The first-order valence-electron chi connectivity index (χ1n) is 4.63. The van der Waals surface area contributed by atoms with Crippen LogP contribution in [0.5, 0.6) is 0 Å². The zero-order chi connectivity index (χ0) is 7.68. The lowest BCUT2D eigenvalue weighted by Crippen LogP contribution is -2.29. The summed E-state index contributed by atoms with van der Waals surface area (Å²) >= 11 is 4.40. The van der Waals surface area contributed by atoms with Crippen LogP contribution < -0.4 is 0 Å². The van der Waals surface area contributed by atoms with E-state index in [9.17, 15) is 0 Å². The lowest BCUT2D eigenvalue weighted by Gasteiger charge is -2.37. The Balaban J connectivity index is 1.93. The molecule has 0 unspecified atom stereocenters. The van der Waals surface area contributed by atoms with E-state index in [1.54, 1.807) is 0 Å². The van der Waals surface area contributed by atoms with E-state index in [1.807, 2.05) is 0 Å². The molecule has 2 heteroatoms. The van der Waals surface area contributed by atoms with E-state index in [2.05, 4.69) is 30.4 Å². The van der Waals surface area contributed by atoms with Crippen LogP contribution in [-0.2, 0) is 0 Å². The van der Waals surface area contributed by atoms with Crippen molar-refractivity contribution in [3.8, 4) is 0 Å². The van der Waals surface area contributed by atoms with E-state index in [4.69, 9.17) is 0 Å². The molecular weight excluding hydrogens is 172 g/mol. The van der Waals surface area contributed by atoms with Gasteiger partial charge in [0.2, 0.25) is 0 Å². The highest BCUT2D eigenvalue weighted by atomic mass is 32.2. The molecule has 64 valence electrons. The van der Waals surface area contributed by atoms with E-state index < -0.39 is 0 Å². The van der Waals surface area contributed by atoms with Gasteiger partial charge in [-0.3, -0.25) is 0 Å². The maximum absolute atomic E-state index is 2.36. The zero-order valence-electron chi connectivity index (χ0n) is 7.08. The van der Waals surface area contributed by atoms with Gasteiger partial charge in [0.25, 0.3) is 0 Å². The van der Waals surface area contributed by atoms with Crippen LogP contribution in [0.1, 0.15) is 32.6 Å². The fourth-order valence-electron chi connectivity index (χ4n) is 2.09. The Morgan fingerprint density at radius 3 is 2.91 bits per heavy atom. The highest BCUT2D eigenvalue weighted by Gasteiger charge is 2.31. The fourth-order valence-corrected chi connectivity index (χ4v) is 5.35. The van der Waals surface area contributed by atoms with Gasteiger partial charge < -0.3 is 0 Å². The van der Waals surface area contributed by atoms with Gasteiger partial charge in [-0.15, -0.1) is 23.5 Å². The van der Waals surface area contributed by atoms with Gasteiger partial charge in [-0.25, -0.2) is 0 Å². The standard InChI is InChI=1S/C9H16S2/c1-7-10-6-8-4-2-3-5-9(8)11-7/h7-9H,2-6H2,1H3/t7-,8+,9+/m1/s1. The monoisotopic (exact) mass is 188 g/mol. The van der Waals surface area contributed by atoms with Crippen molar-refractivity contribution in [2.24, 2.45) is 5.92 Å². The van der Waals surface area contributed by atoms with Gasteiger partial charge in [0.15, 0.2) is 0 Å². The van der Waals surface area contributed by atoms with Crippen LogP contribution in [-0.4, -0.2) is 15.6 Å². The first-order chi connectivity index (χ1) is 5.36. The molecule has 11 heavy (non-hydrogen) atoms. The summed E-state index contributed by atoms with van der Waals surface area (Å²) in [5.74, 6) is 2.51. The smallest absolute Gasteiger partial charge is 0.0477 e. The van der Waals surface area contributed by atoms with Crippen LogP contribution in [0.2, 0.25) is 0 Å². The Bertz CT molecular complexity index is 136. The second kappa shape index (κ2) is 3.61. The van der Waals surface area contributed by atoms with Crippen LogP contribution in [0.25, 0.3) is 0 Å². The highest BCUT2D eigenvalue weighted by Crippen LogP contribution is 2.45. The number of fused-ring (bicyclic) bond motifs is 1. The minimum Gasteiger partial charge on any atom is -0.148 e. The zero-order valence-corrected chi connectivity index (χ0v) is 8.72. The molecule has 0 spiro atoms. The Labute approximate surface area is 77.9 Å². The molecule has 0 nitrogen and oxygen atoms in total. The summed E-state index contributed by atoms with van der Waals surface area (Å²) in [6, 6.07) is 0. The molecule has 1 aliphatic carbocycles. The molecule has 0 aromatic carbocycles. The van der Waals surface area contributed by atoms with Gasteiger partial charge in [0, 0.05) is 9.83 Å². The van der Waals surface area contributed by atoms with E-state index in [0.29, 0.717) is 0 Å². The quantitative estimate of drug-likeness (QED) is 0.571. The Kier molecular flexibility index (Phi) is 2.73. The molecule has 0 aromatic heterocycles. The molecule has 0 radical (unpaired) electrons. The second-order valence-electron chi connectivity index (χ2n) is 3.62. The SMILES string of the molecule is C[C@@H]1SC[C@@H]2CCCC[C@@H]2S1. The molecule has 2 fully saturated rings. The minimum atomic E-state index is 0.870. The minimum absolute atomic E-state index is 0.870. The van der Waals surface area contributed by atoms with Crippen molar-refractivity contribution < 1.29 is 0 Å². The molecule has 1 heterocycles. The summed E-state index contributed by atoms with van der Waals surface area (Å²) in [5, 5.41) is 1.03. The molecule has 1 saturated carbocycles. The maximum Gasteiger partial charge on any atom is 0.0477 e. The van der Waals surface area contributed by atoms with Gasteiger partial charge in [-0.05, 0) is 31.4 Å². The van der Waals surface area contributed by atoms with Crippen molar-refractivity contribution in [3.63, 3.8) is 0 Å². The molecule has 3 atom stereocenters. The van der Waals surface area contributed by atoms with Crippen LogP contribution in [0.4, 0.5) is 0 Å². The highest BCUT2D eigenvalue weighted by molar-refractivity contribution is 8.17. The van der Waals surface area contributed by atoms with Crippen molar-refractivity contribution >= 4 is 23.5 Å². The lowest BCUT2D eigenvalue weighted by atomic mass is 9.90. The van der Waals surface area contributed by atoms with Gasteiger partial charge in [0.1, 0.15) is 0 Å². The lowest BCUT2D eigenvalue weighted by molar-refractivity contribution is 0.401. The Hall–Kier alpha value is 0.700. The van der Waals surface area contributed by atoms with Crippen LogP contribution >= 0.6 is 23.5 Å². The molecular formula is C9H16S2. The molecule has 0 aromatic rings. The van der Waals surface area contributed by atoms with Crippen molar-refractivity contribution in [3.05, 3.63) is 0 Å². The number of rotatable bonds is 0. The molecule has 1 saturated heterocycles. The average molecular weight is 188 g/mol. The largest absolute Gasteiger partial charge is 0.148 e. The van der Waals surface area contributed by atoms with Crippen molar-refractivity contribution in [2.75, 3.05) is 5.75 Å². The Morgan fingerprint density at radius 1 is 1.18 bits per heavy atom. The van der Waals surface area contributed by atoms with E-state index in [1.165, 1.54) is 31.4 Å². The first-order valence-corrected chi connectivity index (χ1v) is 6.62. The first kappa shape index (κ1) is 8.31. The molecule has 0 N–H and O–H groups in total. The van der Waals surface area contributed by atoms with Crippen LogP contribution in [0.3, 0.4) is 0 Å². The van der Waals surface area contributed by atoms with E-state index in [-0.39, 0.29) is 0 Å². The molecule has 0 bridgehead atoms. The van der Waals surface area contributed by atoms with E-state index in [0.717, 1.165) is 15.7 Å². The third-order valence-corrected chi connectivity index (χ3v) is 5.94. The summed E-state index contributed by atoms with van der Waals surface area (Å²) in [6.45, 7) is 2.36. The summed E-state index contributed by atoms with van der Waals surface area (Å²) < 4.78 is 0.870. The normalized spacial score (nSPS) is 45.0. The van der Waals surface area contributed by atoms with Crippen LogP contribution in [0, 0.1) is 5.92 Å². The predicted molar refractivity (Wildman–Crippen MR) is 55.3 cm³/mol. The fraction of sp³-hybridized carbons (Fsp3) is 1.00. The Morgan fingerprint density at radius 2 is 2.00 bits per heavy atom. The maximum atomic E-state index is 2.36. The van der Waals surface area contributed by atoms with Crippen molar-refractivity contribution in [1.82, 2.24) is 0 Å². The van der Waals surface area contributed by atoms with E-state index >= 15 is 0 Å². The topological polar surface area (TPSA) is 0 Å². The number of hydrogen-bond donors (Lipinski definition) is 0. The predicted octanol–water partition coefficient (Wildman–Crippen LogP) is 3.37. The number of hydrogen-bond acceptors (Lipinski definition) is 2. The second-order valence-corrected chi connectivity index (χ2v) is 6.88. The summed E-state index contributed by atoms with van der Waals surface area (Å²) in [7, 11) is 0. The van der Waals surface area contributed by atoms with Gasteiger partial charge in [-0.2, -0.15) is 0 Å². The molecule has 2 aliphatic rings. The summed E-state index contributed by atoms with van der Waals surface area (Å²) in [6.07, 6.45) is 6.00. The van der Waals surface area contributed by atoms with Crippen molar-refractivity contribution in [1.29, 1.82) is 0 Å². The van der Waals surface area contributed by atoms with Crippen molar-refractivity contribution in [2.45, 2.75) is 42.4 Å². The third kappa shape index (κ3) is 1.89. The molecule has 0 amide bonds. The molecule has 1 aliphatic heterocycles. The third-order valence-electron chi connectivity index (χ3n) is 2.75. The average Bonchev–Trinajstić information content (AvgIpc) is 2.04. The van der Waals surface area contributed by atoms with Gasteiger partial charge in [-0.1, -0.05) is 12.8 Å².